The maximum Gasteiger partial charge on any atom is 0.0554 e. The van der Waals surface area contributed by atoms with E-state index in [4.69, 9.17) is 0 Å². The van der Waals surface area contributed by atoms with Gasteiger partial charge in [-0.25, -0.2) is 10.4 Å². The van der Waals surface area contributed by atoms with Gasteiger partial charge in [0.1, 0.15) is 0 Å². The van der Waals surface area contributed by atoms with Crippen LogP contribution in [0.25, 0.3) is 0 Å². The third-order valence-electron chi connectivity index (χ3n) is 5.37. The Labute approximate surface area is 131 Å². The first-order valence-corrected chi connectivity index (χ1v) is 9.00. The molecule has 0 saturated carbocycles. The number of fused-ring (bicyclic) bond motifs is 1. The lowest BCUT2D eigenvalue weighted by Gasteiger charge is -2.45. The molecule has 3 unspecified atom stereocenters. The van der Waals surface area contributed by atoms with Gasteiger partial charge in [-0.15, -0.1) is 0 Å². The lowest BCUT2D eigenvalue weighted by molar-refractivity contribution is 0.0140. The molecule has 4 heteroatoms. The number of rotatable bonds is 6. The van der Waals surface area contributed by atoms with Crippen molar-refractivity contribution in [1.29, 1.82) is 0 Å². The number of nitrogens with zero attached hydrogens (tertiary/aromatic N) is 2. The fourth-order valence-corrected chi connectivity index (χ4v) is 3.85. The van der Waals surface area contributed by atoms with E-state index in [-0.39, 0.29) is 5.54 Å². The summed E-state index contributed by atoms with van der Waals surface area (Å²) in [6.45, 7) is 15.1. The van der Waals surface area contributed by atoms with Gasteiger partial charge in [0.25, 0.3) is 0 Å². The molecule has 0 aromatic carbocycles. The summed E-state index contributed by atoms with van der Waals surface area (Å²) in [6, 6.07) is 1.21. The summed E-state index contributed by atoms with van der Waals surface area (Å²) in [6.07, 6.45) is 6.72. The zero-order chi connectivity index (χ0) is 15.5. The molecular weight excluding hydrogens is 260 g/mol. The van der Waals surface area contributed by atoms with E-state index in [0.717, 1.165) is 19.0 Å². The van der Waals surface area contributed by atoms with Crippen molar-refractivity contribution in [3.05, 3.63) is 0 Å². The summed E-state index contributed by atoms with van der Waals surface area (Å²) >= 11 is 0. The first-order chi connectivity index (χ1) is 9.97. The number of hydrogen-bond donors (Lipinski definition) is 2. The molecule has 4 nitrogen and oxygen atoms in total. The summed E-state index contributed by atoms with van der Waals surface area (Å²) in [4.78, 5) is 2.65. The van der Waals surface area contributed by atoms with Gasteiger partial charge in [0.15, 0.2) is 0 Å². The fraction of sp³-hybridized carbons (Fsp3) is 1.00. The third-order valence-corrected chi connectivity index (χ3v) is 5.37. The van der Waals surface area contributed by atoms with Crippen LogP contribution < -0.4 is 11.0 Å². The van der Waals surface area contributed by atoms with Crippen molar-refractivity contribution in [3.63, 3.8) is 0 Å². The Balaban J connectivity index is 1.97. The minimum atomic E-state index is 0.281. The van der Waals surface area contributed by atoms with E-state index in [1.54, 1.807) is 0 Å². The quantitative estimate of drug-likeness (QED) is 0.738. The number of nitrogens with one attached hydrogen (secondary N) is 2. The van der Waals surface area contributed by atoms with E-state index in [0.29, 0.717) is 12.1 Å². The van der Waals surface area contributed by atoms with Crippen LogP contribution in [0.2, 0.25) is 0 Å². The third kappa shape index (κ3) is 4.19. The molecule has 2 fully saturated rings. The van der Waals surface area contributed by atoms with Gasteiger partial charge in [-0.3, -0.25) is 4.90 Å². The molecule has 0 aliphatic carbocycles. The standard InChI is InChI=1S/C17H36N4/c1-6-8-9-10-14(7-2)16-15-13-20(17(3,4)5)11-12-21(15)19-18-16/h14-16,18-19H,6-13H2,1-5H3. The van der Waals surface area contributed by atoms with E-state index in [1.807, 2.05) is 0 Å². The van der Waals surface area contributed by atoms with Crippen molar-refractivity contribution in [3.8, 4) is 0 Å². The fourth-order valence-electron chi connectivity index (χ4n) is 3.85. The van der Waals surface area contributed by atoms with Gasteiger partial charge in [-0.2, -0.15) is 5.53 Å². The van der Waals surface area contributed by atoms with Gasteiger partial charge in [-0.1, -0.05) is 39.5 Å². The van der Waals surface area contributed by atoms with E-state index in [9.17, 15) is 0 Å². The second-order valence-corrected chi connectivity index (χ2v) is 7.82. The molecule has 124 valence electrons. The molecule has 2 aliphatic heterocycles. The van der Waals surface area contributed by atoms with Gasteiger partial charge in [0.2, 0.25) is 0 Å². The van der Waals surface area contributed by atoms with Gasteiger partial charge in [0.05, 0.1) is 6.04 Å². The minimum Gasteiger partial charge on any atom is -0.295 e. The van der Waals surface area contributed by atoms with Gasteiger partial charge < -0.3 is 0 Å². The van der Waals surface area contributed by atoms with Crippen molar-refractivity contribution in [2.75, 3.05) is 19.6 Å². The van der Waals surface area contributed by atoms with Crippen LogP contribution in [0.15, 0.2) is 0 Å². The first-order valence-electron chi connectivity index (χ1n) is 9.00. The number of unbranched alkanes of at least 4 members (excludes halogenated alkanes) is 2. The van der Waals surface area contributed by atoms with Gasteiger partial charge in [-0.05, 0) is 33.1 Å². The number of hydrazine groups is 2. The Hall–Kier alpha value is -0.160. The highest BCUT2D eigenvalue weighted by Gasteiger charge is 2.42. The Bertz CT molecular complexity index is 312. The number of hydrogen-bond acceptors (Lipinski definition) is 4. The van der Waals surface area contributed by atoms with Crippen LogP contribution in [0.3, 0.4) is 0 Å². The highest BCUT2D eigenvalue weighted by Crippen LogP contribution is 2.28. The Morgan fingerprint density at radius 2 is 1.90 bits per heavy atom. The summed E-state index contributed by atoms with van der Waals surface area (Å²) < 4.78 is 0. The molecule has 0 amide bonds. The predicted octanol–water partition coefficient (Wildman–Crippen LogP) is 2.77. The molecule has 21 heavy (non-hydrogen) atoms. The molecule has 0 aromatic heterocycles. The highest BCUT2D eigenvalue weighted by atomic mass is 15.8. The van der Waals surface area contributed by atoms with Crippen LogP contribution in [0.4, 0.5) is 0 Å². The molecule has 0 radical (unpaired) electrons. The second kappa shape index (κ2) is 7.40. The van der Waals surface area contributed by atoms with Gasteiger partial charge in [0, 0.05) is 31.2 Å². The van der Waals surface area contributed by atoms with Crippen LogP contribution in [0.1, 0.15) is 66.7 Å². The highest BCUT2D eigenvalue weighted by molar-refractivity contribution is 4.97. The molecule has 2 N–H and O–H groups in total. The van der Waals surface area contributed by atoms with Crippen LogP contribution >= 0.6 is 0 Å². The van der Waals surface area contributed by atoms with E-state index in [2.05, 4.69) is 55.5 Å². The largest absolute Gasteiger partial charge is 0.295 e. The smallest absolute Gasteiger partial charge is 0.0554 e. The maximum atomic E-state index is 3.60. The molecule has 2 heterocycles. The van der Waals surface area contributed by atoms with E-state index < -0.39 is 0 Å². The molecule has 0 bridgehead atoms. The average Bonchev–Trinajstić information content (AvgIpc) is 2.86. The van der Waals surface area contributed by atoms with Crippen LogP contribution in [-0.4, -0.2) is 47.2 Å². The zero-order valence-electron chi connectivity index (χ0n) is 14.8. The van der Waals surface area contributed by atoms with Crippen molar-refractivity contribution in [2.45, 2.75) is 84.3 Å². The SMILES string of the molecule is CCCCCC(CC)C1NNN2CCN(C(C)(C)C)CC12. The lowest BCUT2D eigenvalue weighted by atomic mass is 9.86. The molecule has 0 aromatic rings. The molecular formula is C17H36N4. The van der Waals surface area contributed by atoms with Crippen molar-refractivity contribution < 1.29 is 0 Å². The molecule has 0 spiro atoms. The predicted molar refractivity (Wildman–Crippen MR) is 89.8 cm³/mol. The molecule has 2 rings (SSSR count). The topological polar surface area (TPSA) is 30.5 Å². The van der Waals surface area contributed by atoms with Crippen LogP contribution in [0, 0.1) is 5.92 Å². The lowest BCUT2D eigenvalue weighted by Crippen LogP contribution is -2.60. The summed E-state index contributed by atoms with van der Waals surface area (Å²) in [7, 11) is 0. The maximum absolute atomic E-state index is 3.60. The average molecular weight is 297 g/mol. The normalized spacial score (nSPS) is 29.6. The summed E-state index contributed by atoms with van der Waals surface area (Å²) in [5, 5.41) is 2.44. The molecule has 2 saturated heterocycles. The zero-order valence-corrected chi connectivity index (χ0v) is 14.8. The van der Waals surface area contributed by atoms with E-state index >= 15 is 0 Å². The first kappa shape index (κ1) is 17.2. The summed E-state index contributed by atoms with van der Waals surface area (Å²) in [5.74, 6) is 0.791. The van der Waals surface area contributed by atoms with Crippen molar-refractivity contribution in [1.82, 2.24) is 20.9 Å². The summed E-state index contributed by atoms with van der Waals surface area (Å²) in [5.41, 5.74) is 7.32. The Morgan fingerprint density at radius 1 is 1.14 bits per heavy atom. The Morgan fingerprint density at radius 3 is 2.52 bits per heavy atom. The van der Waals surface area contributed by atoms with Crippen LogP contribution in [-0.2, 0) is 0 Å². The minimum absolute atomic E-state index is 0.281. The Kier molecular flexibility index (Phi) is 6.06. The van der Waals surface area contributed by atoms with Crippen LogP contribution in [0.5, 0.6) is 0 Å². The van der Waals surface area contributed by atoms with Crippen molar-refractivity contribution in [2.24, 2.45) is 5.92 Å². The van der Waals surface area contributed by atoms with Gasteiger partial charge >= 0.3 is 0 Å². The van der Waals surface area contributed by atoms with Crippen molar-refractivity contribution >= 4 is 0 Å². The molecule has 2 aliphatic rings. The monoisotopic (exact) mass is 296 g/mol. The second-order valence-electron chi connectivity index (χ2n) is 7.82. The van der Waals surface area contributed by atoms with E-state index in [1.165, 1.54) is 38.6 Å². The molecule has 3 atom stereocenters. The number of piperazine rings is 1.